The Morgan fingerprint density at radius 3 is 2.73 bits per heavy atom. The molecule has 0 spiro atoms. The molecule has 0 atom stereocenters. The van der Waals surface area contributed by atoms with E-state index in [1.54, 1.807) is 17.0 Å². The van der Waals surface area contributed by atoms with Crippen LogP contribution in [0.4, 0.5) is 5.82 Å². The molecule has 1 aliphatic rings. The first-order chi connectivity index (χ1) is 16.1. The zero-order valence-corrected chi connectivity index (χ0v) is 18.7. The highest BCUT2D eigenvalue weighted by atomic mass is 16.5. The van der Waals surface area contributed by atoms with Gasteiger partial charge >= 0.3 is 0 Å². The molecule has 0 aliphatic carbocycles. The van der Waals surface area contributed by atoms with Crippen LogP contribution in [0.15, 0.2) is 46.0 Å². The summed E-state index contributed by atoms with van der Waals surface area (Å²) >= 11 is 0. The topological polar surface area (TPSA) is 108 Å². The minimum atomic E-state index is -0.207. The van der Waals surface area contributed by atoms with E-state index in [0.29, 0.717) is 47.4 Å². The van der Waals surface area contributed by atoms with Crippen LogP contribution in [-0.2, 0) is 11.3 Å². The zero-order chi connectivity index (χ0) is 22.8. The molecular weight excluding hydrogens is 420 g/mol. The Labute approximate surface area is 190 Å². The van der Waals surface area contributed by atoms with Gasteiger partial charge in [-0.05, 0) is 56.4 Å². The third-order valence-electron chi connectivity index (χ3n) is 6.04. The van der Waals surface area contributed by atoms with E-state index in [9.17, 15) is 4.79 Å². The monoisotopic (exact) mass is 446 g/mol. The molecular formula is C24H26N6O3. The van der Waals surface area contributed by atoms with Gasteiger partial charge < -0.3 is 14.6 Å². The number of rotatable bonds is 6. The fourth-order valence-electron chi connectivity index (χ4n) is 4.23. The molecule has 0 radical (unpaired) electrons. The van der Waals surface area contributed by atoms with Crippen LogP contribution in [0.25, 0.3) is 22.4 Å². The van der Waals surface area contributed by atoms with Crippen LogP contribution in [0.3, 0.4) is 0 Å². The lowest BCUT2D eigenvalue weighted by Crippen LogP contribution is -2.29. The number of pyridine rings is 2. The van der Waals surface area contributed by atoms with E-state index in [2.05, 4.69) is 20.4 Å². The highest BCUT2D eigenvalue weighted by molar-refractivity contribution is 5.77. The van der Waals surface area contributed by atoms with Gasteiger partial charge in [0.15, 0.2) is 11.5 Å². The minimum absolute atomic E-state index is 0.207. The van der Waals surface area contributed by atoms with E-state index in [1.165, 1.54) is 0 Å². The summed E-state index contributed by atoms with van der Waals surface area (Å²) in [5.41, 5.74) is 4.14. The second-order valence-corrected chi connectivity index (χ2v) is 8.39. The van der Waals surface area contributed by atoms with Crippen molar-refractivity contribution in [1.82, 2.24) is 24.7 Å². The highest BCUT2D eigenvalue weighted by Gasteiger charge is 2.19. The lowest BCUT2D eigenvalue weighted by Gasteiger charge is -2.22. The number of aryl methyl sites for hydroxylation is 2. The van der Waals surface area contributed by atoms with E-state index in [0.717, 1.165) is 42.9 Å². The van der Waals surface area contributed by atoms with Crippen molar-refractivity contribution in [3.05, 3.63) is 64.0 Å². The molecule has 9 heteroatoms. The van der Waals surface area contributed by atoms with Crippen LogP contribution >= 0.6 is 0 Å². The van der Waals surface area contributed by atoms with Gasteiger partial charge in [0.2, 0.25) is 0 Å². The number of nitrogens with zero attached hydrogens (tertiary/aromatic N) is 5. The van der Waals surface area contributed by atoms with Gasteiger partial charge in [0.25, 0.3) is 5.56 Å². The van der Waals surface area contributed by atoms with Crippen LogP contribution in [0, 0.1) is 19.8 Å². The van der Waals surface area contributed by atoms with Gasteiger partial charge in [-0.25, -0.2) is 9.97 Å². The second kappa shape index (κ2) is 9.11. The Hall–Kier alpha value is -3.59. The molecule has 0 amide bonds. The molecule has 0 bridgehead atoms. The summed E-state index contributed by atoms with van der Waals surface area (Å²) in [5.74, 6) is 1.48. The number of nitrogens with one attached hydrogen (secondary N) is 1. The van der Waals surface area contributed by atoms with Crippen molar-refractivity contribution in [2.24, 2.45) is 5.92 Å². The van der Waals surface area contributed by atoms with Gasteiger partial charge in [-0.3, -0.25) is 14.3 Å². The van der Waals surface area contributed by atoms with E-state index >= 15 is 0 Å². The summed E-state index contributed by atoms with van der Waals surface area (Å²) in [5, 5.41) is 7.33. The fourth-order valence-corrected chi connectivity index (χ4v) is 4.23. The maximum atomic E-state index is 13.5. The van der Waals surface area contributed by atoms with Crippen LogP contribution in [0.1, 0.15) is 29.9 Å². The van der Waals surface area contributed by atoms with E-state index < -0.39 is 0 Å². The van der Waals surface area contributed by atoms with Gasteiger partial charge in [-0.15, -0.1) is 0 Å². The summed E-state index contributed by atoms with van der Waals surface area (Å²) in [4.78, 5) is 27.2. The molecule has 9 nitrogen and oxygen atoms in total. The average Bonchev–Trinajstić information content (AvgIpc) is 3.18. The van der Waals surface area contributed by atoms with Gasteiger partial charge in [0.1, 0.15) is 11.3 Å². The molecule has 170 valence electrons. The molecule has 0 unspecified atom stereocenters. The molecule has 1 saturated heterocycles. The maximum absolute atomic E-state index is 13.5. The molecule has 1 aliphatic heterocycles. The molecule has 5 rings (SSSR count). The first kappa shape index (κ1) is 21.3. The van der Waals surface area contributed by atoms with Crippen molar-refractivity contribution in [3.8, 4) is 11.3 Å². The first-order valence-corrected chi connectivity index (χ1v) is 11.2. The lowest BCUT2D eigenvalue weighted by atomic mass is 10.0. The number of fused-ring (bicyclic) bond motifs is 1. The molecule has 4 aromatic heterocycles. The Morgan fingerprint density at radius 2 is 2.00 bits per heavy atom. The van der Waals surface area contributed by atoms with Crippen molar-refractivity contribution in [2.45, 2.75) is 33.2 Å². The third-order valence-corrected chi connectivity index (χ3v) is 6.04. The molecule has 4 aromatic rings. The Morgan fingerprint density at radius 1 is 1.15 bits per heavy atom. The average molecular weight is 447 g/mol. The third kappa shape index (κ3) is 4.36. The molecule has 33 heavy (non-hydrogen) atoms. The second-order valence-electron chi connectivity index (χ2n) is 8.39. The molecule has 1 fully saturated rings. The number of hydrogen-bond donors (Lipinski definition) is 1. The van der Waals surface area contributed by atoms with Crippen LogP contribution < -0.4 is 10.9 Å². The summed E-state index contributed by atoms with van der Waals surface area (Å²) in [6, 6.07) is 7.58. The predicted molar refractivity (Wildman–Crippen MR) is 124 cm³/mol. The standard InChI is InChI=1S/C24H26N6O3/c1-15-21(16(2)33-29-15)19-5-6-20-23(28-19)30(14-18-4-3-9-25-12-18)24(31)22(27-20)26-13-17-7-10-32-11-8-17/h3-6,9,12,17H,7-8,10-11,13-14H2,1-2H3,(H,26,27). The van der Waals surface area contributed by atoms with E-state index in [1.807, 2.05) is 38.1 Å². The van der Waals surface area contributed by atoms with Crippen molar-refractivity contribution in [1.29, 1.82) is 0 Å². The summed E-state index contributed by atoms with van der Waals surface area (Å²) < 4.78 is 12.4. The first-order valence-electron chi connectivity index (χ1n) is 11.2. The van der Waals surface area contributed by atoms with Gasteiger partial charge in [0, 0.05) is 32.2 Å². The molecule has 1 N–H and O–H groups in total. The van der Waals surface area contributed by atoms with Crippen molar-refractivity contribution < 1.29 is 9.26 Å². The Bertz CT molecular complexity index is 1310. The molecule has 0 aromatic carbocycles. The number of ether oxygens (including phenoxy) is 1. The van der Waals surface area contributed by atoms with E-state index in [4.69, 9.17) is 14.2 Å². The maximum Gasteiger partial charge on any atom is 0.295 e. The highest BCUT2D eigenvalue weighted by Crippen LogP contribution is 2.27. The molecule has 0 saturated carbocycles. The Kier molecular flexibility index (Phi) is 5.87. The van der Waals surface area contributed by atoms with Crippen LogP contribution in [0.5, 0.6) is 0 Å². The SMILES string of the molecule is Cc1noc(C)c1-c1ccc2nc(NCC3CCOCC3)c(=O)n(Cc3cccnc3)c2n1. The van der Waals surface area contributed by atoms with Gasteiger partial charge in [-0.2, -0.15) is 0 Å². The van der Waals surface area contributed by atoms with Crippen molar-refractivity contribution in [2.75, 3.05) is 25.1 Å². The molecule has 5 heterocycles. The van der Waals surface area contributed by atoms with Crippen LogP contribution in [0.2, 0.25) is 0 Å². The quantitative estimate of drug-likeness (QED) is 0.480. The largest absolute Gasteiger partial charge is 0.381 e. The van der Waals surface area contributed by atoms with Crippen molar-refractivity contribution >= 4 is 17.0 Å². The van der Waals surface area contributed by atoms with Gasteiger partial charge in [-0.1, -0.05) is 11.2 Å². The number of anilines is 1. The normalized spacial score (nSPS) is 14.6. The fraction of sp³-hybridized carbons (Fsp3) is 0.375. The van der Waals surface area contributed by atoms with Gasteiger partial charge in [0.05, 0.1) is 23.5 Å². The smallest absolute Gasteiger partial charge is 0.295 e. The number of aromatic nitrogens is 5. The summed E-state index contributed by atoms with van der Waals surface area (Å²) in [6.07, 6.45) is 5.43. The minimum Gasteiger partial charge on any atom is -0.381 e. The summed E-state index contributed by atoms with van der Waals surface area (Å²) in [7, 11) is 0. The predicted octanol–water partition coefficient (Wildman–Crippen LogP) is 3.35. The summed E-state index contributed by atoms with van der Waals surface area (Å²) in [6.45, 7) is 6.28. The lowest BCUT2D eigenvalue weighted by molar-refractivity contribution is 0.0699. The van der Waals surface area contributed by atoms with Crippen LogP contribution in [-0.4, -0.2) is 44.4 Å². The van der Waals surface area contributed by atoms with Crippen molar-refractivity contribution in [3.63, 3.8) is 0 Å². The zero-order valence-electron chi connectivity index (χ0n) is 18.7. The Balaban J connectivity index is 1.59. The number of hydrogen-bond acceptors (Lipinski definition) is 8. The van der Waals surface area contributed by atoms with E-state index in [-0.39, 0.29) is 5.56 Å².